The number of ether oxygens (including phenoxy) is 1. The van der Waals surface area contributed by atoms with Gasteiger partial charge in [0.25, 0.3) is 5.91 Å². The van der Waals surface area contributed by atoms with E-state index in [1.165, 1.54) is 19.2 Å². The van der Waals surface area contributed by atoms with Gasteiger partial charge in [0.2, 0.25) is 10.0 Å². The number of carboxylic acids is 1. The maximum atomic E-state index is 12.2. The number of aliphatic carboxylic acids is 1. The van der Waals surface area contributed by atoms with Gasteiger partial charge in [0, 0.05) is 25.7 Å². The van der Waals surface area contributed by atoms with Gasteiger partial charge in [0.05, 0.1) is 11.9 Å². The van der Waals surface area contributed by atoms with Crippen molar-refractivity contribution in [3.05, 3.63) is 29.3 Å². The number of carboxylic acid groups (broad SMARTS) is 1. The fourth-order valence-electron chi connectivity index (χ4n) is 1.81. The Balaban J connectivity index is 2.95. The molecule has 1 aromatic rings. The lowest BCUT2D eigenvalue weighted by Crippen LogP contribution is -2.41. The fraction of sp³-hybridized carbons (Fsp3) is 0.429. The van der Waals surface area contributed by atoms with Crippen LogP contribution in [0.5, 0.6) is 0 Å². The number of carbonyl (C=O) groups is 2. The summed E-state index contributed by atoms with van der Waals surface area (Å²) in [6, 6.07) is 3.34. The number of sulfonamides is 1. The molecule has 1 unspecified atom stereocenters. The standard InChI is InChI=1S/C14H20N2O6S/c1-9-4-5-10(8-12(9)16-23(3,20)21)13(17)15-11(14(18)19)6-7-22-2/h4-5,8,11,16H,6-7H2,1-3H3,(H,15,17)(H,18,19). The molecular formula is C14H20N2O6S. The summed E-state index contributed by atoms with van der Waals surface area (Å²) in [5, 5.41) is 11.5. The first-order chi connectivity index (χ1) is 10.6. The minimum atomic E-state index is -3.48. The Morgan fingerprint density at radius 3 is 2.52 bits per heavy atom. The molecule has 1 aromatic carbocycles. The summed E-state index contributed by atoms with van der Waals surface area (Å²) in [4.78, 5) is 23.3. The molecule has 0 aromatic heterocycles. The van der Waals surface area contributed by atoms with Crippen molar-refractivity contribution in [3.8, 4) is 0 Å². The van der Waals surface area contributed by atoms with E-state index in [1.807, 2.05) is 0 Å². The first-order valence-electron chi connectivity index (χ1n) is 6.75. The van der Waals surface area contributed by atoms with Crippen molar-refractivity contribution < 1.29 is 27.9 Å². The summed E-state index contributed by atoms with van der Waals surface area (Å²) in [5.74, 6) is -1.78. The Bertz CT molecular complexity index is 687. The molecule has 0 aliphatic rings. The summed E-state index contributed by atoms with van der Waals surface area (Å²) >= 11 is 0. The summed E-state index contributed by atoms with van der Waals surface area (Å²) in [6.45, 7) is 1.87. The average Bonchev–Trinajstić information content (AvgIpc) is 2.43. The maximum absolute atomic E-state index is 12.2. The molecular weight excluding hydrogens is 324 g/mol. The third-order valence-corrected chi connectivity index (χ3v) is 3.60. The SMILES string of the molecule is COCCC(NC(=O)c1ccc(C)c(NS(C)(=O)=O)c1)C(=O)O. The molecule has 0 bridgehead atoms. The second kappa shape index (κ2) is 7.93. The van der Waals surface area contributed by atoms with E-state index in [0.29, 0.717) is 5.56 Å². The van der Waals surface area contributed by atoms with E-state index in [-0.39, 0.29) is 24.3 Å². The number of hydrogen-bond acceptors (Lipinski definition) is 5. The highest BCUT2D eigenvalue weighted by molar-refractivity contribution is 7.92. The quantitative estimate of drug-likeness (QED) is 0.634. The minimum absolute atomic E-state index is 0.123. The van der Waals surface area contributed by atoms with E-state index >= 15 is 0 Å². The Kier molecular flexibility index (Phi) is 6.52. The van der Waals surface area contributed by atoms with Gasteiger partial charge in [-0.15, -0.1) is 0 Å². The minimum Gasteiger partial charge on any atom is -0.480 e. The van der Waals surface area contributed by atoms with Gasteiger partial charge in [-0.1, -0.05) is 6.07 Å². The van der Waals surface area contributed by atoms with Crippen LogP contribution in [-0.2, 0) is 19.6 Å². The number of rotatable bonds is 8. The predicted octanol–water partition coefficient (Wildman–Crippen LogP) is 0.586. The van der Waals surface area contributed by atoms with Crippen LogP contribution in [0.1, 0.15) is 22.3 Å². The van der Waals surface area contributed by atoms with Crippen LogP contribution in [0.2, 0.25) is 0 Å². The lowest BCUT2D eigenvalue weighted by molar-refractivity contribution is -0.139. The first kappa shape index (κ1) is 18.9. The average molecular weight is 344 g/mol. The number of anilines is 1. The molecule has 128 valence electrons. The summed E-state index contributed by atoms with van der Waals surface area (Å²) in [7, 11) is -2.05. The number of amides is 1. The largest absolute Gasteiger partial charge is 0.480 e. The molecule has 1 amide bonds. The van der Waals surface area contributed by atoms with Gasteiger partial charge in [-0.2, -0.15) is 0 Å². The molecule has 3 N–H and O–H groups in total. The number of hydrogen-bond donors (Lipinski definition) is 3. The summed E-state index contributed by atoms with van der Waals surface area (Å²) < 4.78 is 29.8. The van der Waals surface area contributed by atoms with E-state index in [9.17, 15) is 18.0 Å². The molecule has 1 atom stereocenters. The van der Waals surface area contributed by atoms with Gasteiger partial charge in [-0.05, 0) is 24.6 Å². The normalized spacial score (nSPS) is 12.5. The van der Waals surface area contributed by atoms with Crippen molar-refractivity contribution in [2.24, 2.45) is 0 Å². The predicted molar refractivity (Wildman–Crippen MR) is 85.0 cm³/mol. The van der Waals surface area contributed by atoms with Crippen LogP contribution in [0.3, 0.4) is 0 Å². The number of benzene rings is 1. The Morgan fingerprint density at radius 2 is 2.00 bits per heavy atom. The lowest BCUT2D eigenvalue weighted by Gasteiger charge is -2.15. The third kappa shape index (κ3) is 6.25. The molecule has 0 fully saturated rings. The number of methoxy groups -OCH3 is 1. The van der Waals surface area contributed by atoms with E-state index < -0.39 is 27.9 Å². The van der Waals surface area contributed by atoms with Crippen LogP contribution in [0, 0.1) is 6.92 Å². The molecule has 0 heterocycles. The summed E-state index contributed by atoms with van der Waals surface area (Å²) in [5.41, 5.74) is 1.07. The van der Waals surface area contributed by atoms with Crippen molar-refractivity contribution in [1.29, 1.82) is 0 Å². The van der Waals surface area contributed by atoms with Crippen LogP contribution < -0.4 is 10.0 Å². The fourth-order valence-corrected chi connectivity index (χ4v) is 2.43. The van der Waals surface area contributed by atoms with Gasteiger partial charge < -0.3 is 15.2 Å². The highest BCUT2D eigenvalue weighted by Gasteiger charge is 2.21. The van der Waals surface area contributed by atoms with E-state index in [2.05, 4.69) is 10.0 Å². The monoisotopic (exact) mass is 344 g/mol. The zero-order chi connectivity index (χ0) is 17.6. The highest BCUT2D eigenvalue weighted by Crippen LogP contribution is 2.18. The molecule has 0 radical (unpaired) electrons. The Labute approximate surface area is 134 Å². The van der Waals surface area contributed by atoms with Gasteiger partial charge in [0.15, 0.2) is 0 Å². The van der Waals surface area contributed by atoms with Gasteiger partial charge in [-0.3, -0.25) is 9.52 Å². The number of aryl methyl sites for hydroxylation is 1. The number of nitrogens with one attached hydrogen (secondary N) is 2. The van der Waals surface area contributed by atoms with Crippen LogP contribution in [-0.4, -0.2) is 51.4 Å². The molecule has 0 saturated heterocycles. The van der Waals surface area contributed by atoms with Crippen molar-refractivity contribution in [3.63, 3.8) is 0 Å². The molecule has 0 aliphatic carbocycles. The van der Waals surface area contributed by atoms with Crippen molar-refractivity contribution >= 4 is 27.6 Å². The molecule has 9 heteroatoms. The smallest absolute Gasteiger partial charge is 0.326 e. The Hall–Kier alpha value is -2.13. The topological polar surface area (TPSA) is 122 Å². The zero-order valence-corrected chi connectivity index (χ0v) is 13.9. The van der Waals surface area contributed by atoms with E-state index in [1.54, 1.807) is 13.0 Å². The lowest BCUT2D eigenvalue weighted by atomic mass is 10.1. The summed E-state index contributed by atoms with van der Waals surface area (Å²) in [6.07, 6.45) is 1.13. The zero-order valence-electron chi connectivity index (χ0n) is 13.1. The van der Waals surface area contributed by atoms with Gasteiger partial charge >= 0.3 is 5.97 Å². The second-order valence-corrected chi connectivity index (χ2v) is 6.80. The van der Waals surface area contributed by atoms with Crippen LogP contribution in [0.15, 0.2) is 18.2 Å². The van der Waals surface area contributed by atoms with Crippen molar-refractivity contribution in [1.82, 2.24) is 5.32 Å². The van der Waals surface area contributed by atoms with Crippen LogP contribution >= 0.6 is 0 Å². The molecule has 1 rings (SSSR count). The molecule has 0 spiro atoms. The maximum Gasteiger partial charge on any atom is 0.326 e. The first-order valence-corrected chi connectivity index (χ1v) is 8.64. The van der Waals surface area contributed by atoms with E-state index in [4.69, 9.17) is 9.84 Å². The third-order valence-electron chi connectivity index (χ3n) is 3.01. The van der Waals surface area contributed by atoms with Crippen LogP contribution in [0.25, 0.3) is 0 Å². The molecule has 8 nitrogen and oxygen atoms in total. The Morgan fingerprint density at radius 1 is 1.35 bits per heavy atom. The van der Waals surface area contributed by atoms with Gasteiger partial charge in [0.1, 0.15) is 6.04 Å². The van der Waals surface area contributed by atoms with Gasteiger partial charge in [-0.25, -0.2) is 13.2 Å². The van der Waals surface area contributed by atoms with Crippen LogP contribution in [0.4, 0.5) is 5.69 Å². The molecule has 0 saturated carbocycles. The number of carbonyl (C=O) groups excluding carboxylic acids is 1. The molecule has 0 aliphatic heterocycles. The molecule has 23 heavy (non-hydrogen) atoms. The van der Waals surface area contributed by atoms with E-state index in [0.717, 1.165) is 6.26 Å². The second-order valence-electron chi connectivity index (χ2n) is 5.05. The van der Waals surface area contributed by atoms with Crippen molar-refractivity contribution in [2.45, 2.75) is 19.4 Å². The highest BCUT2D eigenvalue weighted by atomic mass is 32.2. The van der Waals surface area contributed by atoms with Crippen molar-refractivity contribution in [2.75, 3.05) is 24.7 Å².